The van der Waals surface area contributed by atoms with Crippen LogP contribution >= 0.6 is 0 Å². The van der Waals surface area contributed by atoms with Gasteiger partial charge in [0.25, 0.3) is 0 Å². The van der Waals surface area contributed by atoms with Crippen LogP contribution in [0, 0.1) is 6.92 Å². The summed E-state index contributed by atoms with van der Waals surface area (Å²) in [5, 5.41) is 6.47. The molecule has 0 aliphatic carbocycles. The first-order chi connectivity index (χ1) is 9.69. The number of aromatic nitrogens is 2. The minimum atomic E-state index is 0.833. The highest BCUT2D eigenvalue weighted by Crippen LogP contribution is 2.27. The first kappa shape index (κ1) is 14.1. The molecular weight excluding hydrogens is 252 g/mol. The number of aryl methyl sites for hydroxylation is 1. The molecule has 0 aliphatic rings. The van der Waals surface area contributed by atoms with Gasteiger partial charge in [0.2, 0.25) is 0 Å². The number of hydrogen-bond acceptors (Lipinski definition) is 5. The summed E-state index contributed by atoms with van der Waals surface area (Å²) in [6.45, 7) is 4.13. The SMILES string of the molecule is CCc1c(NC)ncnc1Nc1ccc(OC)cc1C. The normalized spacial score (nSPS) is 10.2. The summed E-state index contributed by atoms with van der Waals surface area (Å²) in [6.07, 6.45) is 2.42. The number of benzene rings is 1. The molecule has 2 N–H and O–H groups in total. The van der Waals surface area contributed by atoms with Gasteiger partial charge >= 0.3 is 0 Å². The number of anilines is 3. The van der Waals surface area contributed by atoms with Gasteiger partial charge in [0.15, 0.2) is 0 Å². The Morgan fingerprint density at radius 2 is 1.95 bits per heavy atom. The third-order valence-corrected chi connectivity index (χ3v) is 3.22. The van der Waals surface area contributed by atoms with Gasteiger partial charge in [0.05, 0.1) is 7.11 Å². The van der Waals surface area contributed by atoms with Crippen molar-refractivity contribution < 1.29 is 4.74 Å². The van der Waals surface area contributed by atoms with Gasteiger partial charge in [0.1, 0.15) is 23.7 Å². The second kappa shape index (κ2) is 6.23. The van der Waals surface area contributed by atoms with Crippen molar-refractivity contribution in [1.82, 2.24) is 9.97 Å². The molecule has 5 nitrogen and oxygen atoms in total. The molecule has 1 heterocycles. The highest BCUT2D eigenvalue weighted by Gasteiger charge is 2.10. The third-order valence-electron chi connectivity index (χ3n) is 3.22. The van der Waals surface area contributed by atoms with Crippen LogP contribution in [-0.2, 0) is 6.42 Å². The van der Waals surface area contributed by atoms with Gasteiger partial charge in [-0.25, -0.2) is 9.97 Å². The Morgan fingerprint density at radius 1 is 1.20 bits per heavy atom. The minimum absolute atomic E-state index is 0.833. The molecule has 0 bridgehead atoms. The third kappa shape index (κ3) is 2.82. The monoisotopic (exact) mass is 272 g/mol. The van der Waals surface area contributed by atoms with Gasteiger partial charge in [0, 0.05) is 18.3 Å². The average Bonchev–Trinajstić information content (AvgIpc) is 2.48. The fourth-order valence-corrected chi connectivity index (χ4v) is 2.10. The van der Waals surface area contributed by atoms with Crippen LogP contribution in [0.25, 0.3) is 0 Å². The van der Waals surface area contributed by atoms with Crippen molar-refractivity contribution in [2.75, 3.05) is 24.8 Å². The molecule has 5 heteroatoms. The van der Waals surface area contributed by atoms with E-state index in [4.69, 9.17) is 4.74 Å². The summed E-state index contributed by atoms with van der Waals surface area (Å²) in [5.41, 5.74) is 3.20. The molecule has 1 aromatic carbocycles. The lowest BCUT2D eigenvalue weighted by Gasteiger charge is -2.14. The van der Waals surface area contributed by atoms with Crippen molar-refractivity contribution in [3.05, 3.63) is 35.7 Å². The van der Waals surface area contributed by atoms with Crippen LogP contribution in [0.15, 0.2) is 24.5 Å². The molecule has 0 spiro atoms. The van der Waals surface area contributed by atoms with E-state index >= 15 is 0 Å². The molecule has 2 rings (SSSR count). The van der Waals surface area contributed by atoms with Crippen molar-refractivity contribution in [2.45, 2.75) is 20.3 Å². The number of nitrogens with one attached hydrogen (secondary N) is 2. The summed E-state index contributed by atoms with van der Waals surface area (Å²) < 4.78 is 5.22. The predicted molar refractivity (Wildman–Crippen MR) is 82.0 cm³/mol. The molecule has 2 aromatic rings. The van der Waals surface area contributed by atoms with Crippen LogP contribution in [0.2, 0.25) is 0 Å². The smallest absolute Gasteiger partial charge is 0.139 e. The van der Waals surface area contributed by atoms with E-state index < -0.39 is 0 Å². The zero-order valence-corrected chi connectivity index (χ0v) is 12.3. The number of nitrogens with zero attached hydrogens (tertiary/aromatic N) is 2. The molecule has 20 heavy (non-hydrogen) atoms. The second-order valence-electron chi connectivity index (χ2n) is 4.46. The first-order valence-corrected chi connectivity index (χ1v) is 6.62. The van der Waals surface area contributed by atoms with E-state index in [0.717, 1.165) is 40.6 Å². The van der Waals surface area contributed by atoms with Crippen molar-refractivity contribution in [2.24, 2.45) is 0 Å². The zero-order chi connectivity index (χ0) is 14.5. The van der Waals surface area contributed by atoms with E-state index in [1.54, 1.807) is 13.4 Å². The fraction of sp³-hybridized carbons (Fsp3) is 0.333. The molecule has 0 fully saturated rings. The molecule has 0 saturated carbocycles. The molecule has 0 atom stereocenters. The van der Waals surface area contributed by atoms with E-state index in [1.807, 2.05) is 32.2 Å². The Hall–Kier alpha value is -2.30. The highest BCUT2D eigenvalue weighted by molar-refractivity contribution is 5.67. The Morgan fingerprint density at radius 3 is 2.55 bits per heavy atom. The summed E-state index contributed by atoms with van der Waals surface area (Å²) in [7, 11) is 3.53. The molecule has 0 radical (unpaired) electrons. The van der Waals surface area contributed by atoms with Crippen LogP contribution in [0.4, 0.5) is 17.3 Å². The van der Waals surface area contributed by atoms with E-state index in [9.17, 15) is 0 Å². The fourth-order valence-electron chi connectivity index (χ4n) is 2.10. The largest absolute Gasteiger partial charge is 0.497 e. The standard InChI is InChI=1S/C15H20N4O/c1-5-12-14(16-3)17-9-18-15(12)19-13-7-6-11(20-4)8-10(13)2/h6-9H,5H2,1-4H3,(H2,16,17,18,19). The summed E-state index contributed by atoms with van der Waals surface area (Å²) >= 11 is 0. The predicted octanol–water partition coefficient (Wildman–Crippen LogP) is 3.14. The topological polar surface area (TPSA) is 59.1 Å². The maximum Gasteiger partial charge on any atom is 0.139 e. The van der Waals surface area contributed by atoms with Crippen molar-refractivity contribution in [3.63, 3.8) is 0 Å². The van der Waals surface area contributed by atoms with Gasteiger partial charge in [-0.2, -0.15) is 0 Å². The molecule has 0 aliphatic heterocycles. The van der Waals surface area contributed by atoms with Crippen LogP contribution < -0.4 is 15.4 Å². The summed E-state index contributed by atoms with van der Waals surface area (Å²) in [6, 6.07) is 5.92. The van der Waals surface area contributed by atoms with E-state index in [0.29, 0.717) is 0 Å². The Labute approximate surface area is 119 Å². The summed E-state index contributed by atoms with van der Waals surface area (Å²) in [5.74, 6) is 2.54. The Balaban J connectivity index is 2.35. The highest BCUT2D eigenvalue weighted by atomic mass is 16.5. The molecular formula is C15H20N4O. The molecule has 1 aromatic heterocycles. The lowest BCUT2D eigenvalue weighted by atomic mass is 10.1. The van der Waals surface area contributed by atoms with Gasteiger partial charge in [-0.15, -0.1) is 0 Å². The first-order valence-electron chi connectivity index (χ1n) is 6.62. The molecule has 106 valence electrons. The molecule has 0 unspecified atom stereocenters. The second-order valence-corrected chi connectivity index (χ2v) is 4.46. The van der Waals surface area contributed by atoms with E-state index in [2.05, 4.69) is 27.5 Å². The van der Waals surface area contributed by atoms with Gasteiger partial charge < -0.3 is 15.4 Å². The van der Waals surface area contributed by atoms with Gasteiger partial charge in [-0.05, 0) is 37.1 Å². The Bertz CT molecular complexity index is 598. The van der Waals surface area contributed by atoms with Crippen molar-refractivity contribution >= 4 is 17.3 Å². The van der Waals surface area contributed by atoms with Gasteiger partial charge in [-0.3, -0.25) is 0 Å². The summed E-state index contributed by atoms with van der Waals surface area (Å²) in [4.78, 5) is 8.58. The van der Waals surface area contributed by atoms with E-state index in [-0.39, 0.29) is 0 Å². The van der Waals surface area contributed by atoms with Crippen molar-refractivity contribution in [1.29, 1.82) is 0 Å². The van der Waals surface area contributed by atoms with E-state index in [1.165, 1.54) is 0 Å². The Kier molecular flexibility index (Phi) is 4.40. The molecule has 0 amide bonds. The number of rotatable bonds is 5. The van der Waals surface area contributed by atoms with Gasteiger partial charge in [-0.1, -0.05) is 6.92 Å². The van der Waals surface area contributed by atoms with Crippen LogP contribution in [0.3, 0.4) is 0 Å². The molecule has 0 saturated heterocycles. The number of ether oxygens (including phenoxy) is 1. The average molecular weight is 272 g/mol. The van der Waals surface area contributed by atoms with Crippen LogP contribution in [-0.4, -0.2) is 24.1 Å². The maximum atomic E-state index is 5.22. The zero-order valence-electron chi connectivity index (χ0n) is 12.3. The van der Waals surface area contributed by atoms with Crippen LogP contribution in [0.1, 0.15) is 18.1 Å². The van der Waals surface area contributed by atoms with Crippen molar-refractivity contribution in [3.8, 4) is 5.75 Å². The lowest BCUT2D eigenvalue weighted by molar-refractivity contribution is 0.414. The lowest BCUT2D eigenvalue weighted by Crippen LogP contribution is -2.05. The number of hydrogen-bond donors (Lipinski definition) is 2. The minimum Gasteiger partial charge on any atom is -0.497 e. The number of methoxy groups -OCH3 is 1. The van der Waals surface area contributed by atoms with Crippen LogP contribution in [0.5, 0.6) is 5.75 Å². The maximum absolute atomic E-state index is 5.22. The quantitative estimate of drug-likeness (QED) is 0.875.